The minimum Gasteiger partial charge on any atom is -0.322 e. The van der Waals surface area contributed by atoms with Crippen LogP contribution in [0.3, 0.4) is 0 Å². The Morgan fingerprint density at radius 1 is 1.10 bits per heavy atom. The van der Waals surface area contributed by atoms with Crippen LogP contribution in [0.25, 0.3) is 20.8 Å². The number of hydrogen-bond donors (Lipinski definition) is 1. The zero-order chi connectivity index (χ0) is 20.5. The molecule has 8 heteroatoms. The van der Waals surface area contributed by atoms with Crippen molar-refractivity contribution >= 4 is 38.8 Å². The van der Waals surface area contributed by atoms with Crippen LogP contribution in [0.2, 0.25) is 0 Å². The first-order valence-corrected chi connectivity index (χ1v) is 9.45. The van der Waals surface area contributed by atoms with E-state index in [1.54, 1.807) is 23.5 Å². The molecule has 0 aliphatic rings. The van der Waals surface area contributed by atoms with Crippen molar-refractivity contribution in [2.75, 3.05) is 5.32 Å². The predicted molar refractivity (Wildman–Crippen MR) is 111 cm³/mol. The smallest absolute Gasteiger partial charge is 0.305 e. The van der Waals surface area contributed by atoms with Crippen molar-refractivity contribution < 1.29 is 14.1 Å². The first-order chi connectivity index (χ1) is 13.9. The highest BCUT2D eigenvalue weighted by Crippen LogP contribution is 2.31. The second kappa shape index (κ2) is 7.40. The van der Waals surface area contributed by atoms with E-state index in [1.807, 2.05) is 31.2 Å². The second-order valence-corrected chi connectivity index (χ2v) is 7.48. The van der Waals surface area contributed by atoms with Gasteiger partial charge in [0.1, 0.15) is 5.01 Å². The Bertz CT molecular complexity index is 1250. The lowest BCUT2D eigenvalue weighted by Gasteiger charge is -2.06. The van der Waals surface area contributed by atoms with E-state index in [0.29, 0.717) is 5.69 Å². The molecule has 144 valence electrons. The highest BCUT2D eigenvalue weighted by atomic mass is 32.1. The van der Waals surface area contributed by atoms with Crippen molar-refractivity contribution in [2.24, 2.45) is 0 Å². The van der Waals surface area contributed by atoms with Crippen LogP contribution in [0.5, 0.6) is 0 Å². The summed E-state index contributed by atoms with van der Waals surface area (Å²) < 4.78 is 14.5. The molecule has 0 radical (unpaired) electrons. The van der Waals surface area contributed by atoms with E-state index >= 15 is 0 Å². The molecule has 3 aromatic carbocycles. The number of thiazole rings is 1. The van der Waals surface area contributed by atoms with Crippen molar-refractivity contribution in [3.8, 4) is 10.6 Å². The standard InChI is InChI=1S/C21H14FN3O3S/c1-12-2-9-17-19(10-12)29-21(24-17)13-3-6-15(7-4-13)23-20(26)14-5-8-16(22)18(11-14)25(27)28/h2-11H,1H3,(H,23,26)/i22-1. The van der Waals surface area contributed by atoms with Gasteiger partial charge in [0, 0.05) is 22.9 Å². The fourth-order valence-electron chi connectivity index (χ4n) is 2.85. The summed E-state index contributed by atoms with van der Waals surface area (Å²) in [7, 11) is 0. The molecule has 0 saturated heterocycles. The lowest BCUT2D eigenvalue weighted by molar-refractivity contribution is -0.387. The van der Waals surface area contributed by atoms with E-state index in [-0.39, 0.29) is 5.56 Å². The number of carbonyl (C=O) groups excluding carboxylic acids is 1. The molecule has 1 amide bonds. The monoisotopic (exact) mass is 406 g/mol. The number of fused-ring (bicyclic) bond motifs is 1. The van der Waals surface area contributed by atoms with Crippen molar-refractivity contribution in [3.63, 3.8) is 0 Å². The molecule has 0 spiro atoms. The van der Waals surface area contributed by atoms with Gasteiger partial charge in [0.25, 0.3) is 5.91 Å². The summed E-state index contributed by atoms with van der Waals surface area (Å²) in [6, 6.07) is 16.3. The van der Waals surface area contributed by atoms with Gasteiger partial charge in [0.15, 0.2) is 0 Å². The molecule has 0 aliphatic heterocycles. The molecule has 4 rings (SSSR count). The maximum absolute atomic E-state index is 13.4. The normalized spacial score (nSPS) is 10.8. The van der Waals surface area contributed by atoms with Gasteiger partial charge in [0.2, 0.25) is 5.82 Å². The lowest BCUT2D eigenvalue weighted by Crippen LogP contribution is -2.12. The molecule has 0 atom stereocenters. The van der Waals surface area contributed by atoms with Gasteiger partial charge < -0.3 is 5.32 Å². The maximum Gasteiger partial charge on any atom is 0.305 e. The zero-order valence-electron chi connectivity index (χ0n) is 15.2. The Labute approximate surface area is 168 Å². The first-order valence-electron chi connectivity index (χ1n) is 8.63. The Morgan fingerprint density at radius 2 is 1.86 bits per heavy atom. The number of hydrogen-bond acceptors (Lipinski definition) is 5. The van der Waals surface area contributed by atoms with Crippen LogP contribution in [0, 0.1) is 22.9 Å². The third-order valence-corrected chi connectivity index (χ3v) is 5.41. The molecule has 0 fully saturated rings. The third-order valence-electron chi connectivity index (χ3n) is 4.34. The highest BCUT2D eigenvalue weighted by molar-refractivity contribution is 7.21. The van der Waals surface area contributed by atoms with Crippen LogP contribution in [0.1, 0.15) is 15.9 Å². The summed E-state index contributed by atoms with van der Waals surface area (Å²) in [6.07, 6.45) is 0. The molecule has 1 N–H and O–H groups in total. The summed E-state index contributed by atoms with van der Waals surface area (Å²) in [6.45, 7) is 2.03. The van der Waals surface area contributed by atoms with Gasteiger partial charge in [-0.25, -0.2) is 4.98 Å². The van der Waals surface area contributed by atoms with Crippen LogP contribution in [-0.2, 0) is 0 Å². The minimum atomic E-state index is -0.984. The summed E-state index contributed by atoms with van der Waals surface area (Å²) in [4.78, 5) is 26.9. The molecule has 0 bridgehead atoms. The number of nitro groups is 1. The molecule has 1 aromatic heterocycles. The Balaban J connectivity index is 1.54. The van der Waals surface area contributed by atoms with Crippen LogP contribution >= 0.6 is 11.3 Å². The molecular formula is C21H14FN3O3S. The number of nitrogens with one attached hydrogen (secondary N) is 1. The predicted octanol–water partition coefficient (Wildman–Crippen LogP) is 5.57. The molecule has 29 heavy (non-hydrogen) atoms. The molecule has 6 nitrogen and oxygen atoms in total. The van der Waals surface area contributed by atoms with Crippen LogP contribution in [-0.4, -0.2) is 15.8 Å². The van der Waals surface area contributed by atoms with E-state index in [2.05, 4.69) is 16.4 Å². The molecule has 1 heterocycles. The summed E-state index contributed by atoms with van der Waals surface area (Å²) in [5.41, 5.74) is 2.81. The van der Waals surface area contributed by atoms with Crippen molar-refractivity contribution in [2.45, 2.75) is 6.92 Å². The van der Waals surface area contributed by atoms with Crippen molar-refractivity contribution in [1.82, 2.24) is 4.98 Å². The molecule has 4 aromatic rings. The second-order valence-electron chi connectivity index (χ2n) is 6.44. The van der Waals surface area contributed by atoms with Gasteiger partial charge in [0.05, 0.1) is 15.1 Å². The van der Waals surface area contributed by atoms with E-state index in [9.17, 15) is 19.3 Å². The average Bonchev–Trinajstić information content (AvgIpc) is 3.11. The van der Waals surface area contributed by atoms with Gasteiger partial charge in [-0.2, -0.15) is 4.39 Å². The number of benzene rings is 3. The van der Waals surface area contributed by atoms with Gasteiger partial charge in [-0.15, -0.1) is 11.3 Å². The van der Waals surface area contributed by atoms with Gasteiger partial charge >= 0.3 is 5.69 Å². The topological polar surface area (TPSA) is 85.1 Å². The molecule has 0 aliphatic carbocycles. The Kier molecular flexibility index (Phi) is 4.77. The fourth-order valence-corrected chi connectivity index (χ4v) is 3.92. The molecular weight excluding hydrogens is 392 g/mol. The number of rotatable bonds is 4. The van der Waals surface area contributed by atoms with Crippen LogP contribution < -0.4 is 5.32 Å². The number of aromatic nitrogens is 1. The molecule has 0 saturated carbocycles. The zero-order valence-corrected chi connectivity index (χ0v) is 16.0. The number of carbonyl (C=O) groups is 1. The minimum absolute atomic E-state index is 0.00344. The van der Waals surface area contributed by atoms with E-state index < -0.39 is 22.3 Å². The quantitative estimate of drug-likeness (QED) is 0.355. The number of aryl methyl sites for hydroxylation is 1. The number of nitrogens with zero attached hydrogens (tertiary/aromatic N) is 2. The number of halogens is 1. The number of nitro benzene ring substituents is 1. The average molecular weight is 406 g/mol. The summed E-state index contributed by atoms with van der Waals surface area (Å²) in [5.74, 6) is -1.54. The van der Waals surface area contributed by atoms with E-state index in [0.717, 1.165) is 32.9 Å². The lowest BCUT2D eigenvalue weighted by atomic mass is 10.1. The van der Waals surface area contributed by atoms with Crippen molar-refractivity contribution in [3.05, 3.63) is 87.7 Å². The third kappa shape index (κ3) is 3.83. The number of anilines is 1. The first kappa shape index (κ1) is 18.7. The van der Waals surface area contributed by atoms with Crippen LogP contribution in [0.4, 0.5) is 15.8 Å². The SMILES string of the molecule is Cc1ccc2nc(-c3ccc(NC(=O)c4ccc([18F])c([N+](=O)[O-])c4)cc3)sc2c1. The van der Waals surface area contributed by atoms with Crippen LogP contribution in [0.15, 0.2) is 60.7 Å². The van der Waals surface area contributed by atoms with Gasteiger partial charge in [-0.05, 0) is 61.0 Å². The fraction of sp³-hybridized carbons (Fsp3) is 0.0476. The number of amides is 1. The maximum atomic E-state index is 13.4. The van der Waals surface area contributed by atoms with E-state index in [4.69, 9.17) is 0 Å². The van der Waals surface area contributed by atoms with E-state index in [1.165, 1.54) is 11.6 Å². The Hall–Kier alpha value is -3.65. The van der Waals surface area contributed by atoms with Gasteiger partial charge in [-0.3, -0.25) is 14.9 Å². The van der Waals surface area contributed by atoms with Gasteiger partial charge in [-0.1, -0.05) is 6.07 Å². The van der Waals surface area contributed by atoms with Crippen molar-refractivity contribution in [1.29, 1.82) is 0 Å². The largest absolute Gasteiger partial charge is 0.322 e. The highest BCUT2D eigenvalue weighted by Gasteiger charge is 2.17. The summed E-state index contributed by atoms with van der Waals surface area (Å²) in [5, 5.41) is 14.4. The molecule has 0 unspecified atom stereocenters. The Morgan fingerprint density at radius 3 is 2.59 bits per heavy atom. The summed E-state index contributed by atoms with van der Waals surface area (Å²) >= 11 is 1.59.